The number of hydrogen-bond acceptors (Lipinski definition) is 2. The normalized spacial score (nSPS) is 15.7. The molecule has 0 fully saturated rings. The van der Waals surface area contributed by atoms with E-state index in [4.69, 9.17) is 0 Å². The summed E-state index contributed by atoms with van der Waals surface area (Å²) in [5.74, 6) is -0.652. The van der Waals surface area contributed by atoms with Crippen LogP contribution in [0.15, 0.2) is 36.9 Å². The van der Waals surface area contributed by atoms with Crippen molar-refractivity contribution >= 4 is 11.6 Å². The molecule has 0 aromatic heterocycles. The fourth-order valence-electron chi connectivity index (χ4n) is 1.79. The Morgan fingerprint density at radius 1 is 1.14 bits per heavy atom. The first-order valence-electron chi connectivity index (χ1n) is 4.54. The van der Waals surface area contributed by atoms with Crippen LogP contribution in [0.5, 0.6) is 0 Å². The largest absolute Gasteiger partial charge is 0.293 e. The predicted molar refractivity (Wildman–Crippen MR) is 53.4 cm³/mol. The quantitative estimate of drug-likeness (QED) is 0.524. The van der Waals surface area contributed by atoms with Gasteiger partial charge in [-0.1, -0.05) is 30.3 Å². The van der Waals surface area contributed by atoms with Gasteiger partial charge >= 0.3 is 0 Å². The van der Waals surface area contributed by atoms with Gasteiger partial charge in [-0.15, -0.1) is 6.58 Å². The van der Waals surface area contributed by atoms with Crippen LogP contribution in [0.1, 0.15) is 27.1 Å². The summed E-state index contributed by atoms with van der Waals surface area (Å²) in [7, 11) is 0. The lowest BCUT2D eigenvalue weighted by Crippen LogP contribution is -2.13. The molecule has 1 aromatic carbocycles. The van der Waals surface area contributed by atoms with Crippen molar-refractivity contribution in [3.63, 3.8) is 0 Å². The fourth-order valence-corrected chi connectivity index (χ4v) is 1.79. The first kappa shape index (κ1) is 8.88. The average Bonchev–Trinajstić information content (AvgIpc) is 2.45. The lowest BCUT2D eigenvalue weighted by Gasteiger charge is -2.00. The highest BCUT2D eigenvalue weighted by atomic mass is 16.2. The summed E-state index contributed by atoms with van der Waals surface area (Å²) in [5, 5.41) is 0. The maximum absolute atomic E-state index is 11.7. The molecule has 0 saturated heterocycles. The van der Waals surface area contributed by atoms with E-state index in [2.05, 4.69) is 6.58 Å². The Labute approximate surface area is 82.2 Å². The van der Waals surface area contributed by atoms with Crippen molar-refractivity contribution in [1.82, 2.24) is 0 Å². The molecule has 1 aliphatic carbocycles. The second-order valence-electron chi connectivity index (χ2n) is 3.35. The van der Waals surface area contributed by atoms with E-state index in [1.165, 1.54) is 0 Å². The molecule has 0 radical (unpaired) electrons. The van der Waals surface area contributed by atoms with E-state index in [9.17, 15) is 9.59 Å². The van der Waals surface area contributed by atoms with E-state index in [1.807, 2.05) is 0 Å². The monoisotopic (exact) mass is 186 g/mol. The van der Waals surface area contributed by atoms with E-state index in [1.54, 1.807) is 30.3 Å². The Balaban J connectivity index is 2.48. The molecule has 0 N–H and O–H groups in total. The van der Waals surface area contributed by atoms with E-state index >= 15 is 0 Å². The number of fused-ring (bicyclic) bond motifs is 1. The fraction of sp³-hybridized carbons (Fsp3) is 0.167. The zero-order valence-electron chi connectivity index (χ0n) is 7.69. The molecule has 2 heteroatoms. The van der Waals surface area contributed by atoms with Crippen molar-refractivity contribution in [1.29, 1.82) is 0 Å². The van der Waals surface area contributed by atoms with Crippen LogP contribution in [0.2, 0.25) is 0 Å². The van der Waals surface area contributed by atoms with Gasteiger partial charge in [-0.05, 0) is 6.42 Å². The van der Waals surface area contributed by atoms with Crippen molar-refractivity contribution in [3.05, 3.63) is 48.0 Å². The maximum Gasteiger partial charge on any atom is 0.174 e. The van der Waals surface area contributed by atoms with Crippen LogP contribution >= 0.6 is 0 Å². The summed E-state index contributed by atoms with van der Waals surface area (Å²) in [5.41, 5.74) is 1.12. The molecule has 0 atom stereocenters. The van der Waals surface area contributed by atoms with Gasteiger partial charge in [0, 0.05) is 11.1 Å². The number of rotatable bonds is 2. The number of carbonyl (C=O) groups is 2. The second kappa shape index (κ2) is 3.22. The third kappa shape index (κ3) is 1.11. The van der Waals surface area contributed by atoms with Crippen molar-refractivity contribution in [2.45, 2.75) is 6.42 Å². The molecular formula is C12H10O2. The molecule has 0 aliphatic heterocycles. The van der Waals surface area contributed by atoms with Gasteiger partial charge in [-0.3, -0.25) is 9.59 Å². The molecule has 14 heavy (non-hydrogen) atoms. The van der Waals surface area contributed by atoms with Crippen LogP contribution < -0.4 is 0 Å². The van der Waals surface area contributed by atoms with Crippen LogP contribution in [0.3, 0.4) is 0 Å². The molecule has 2 nitrogen and oxygen atoms in total. The van der Waals surface area contributed by atoms with Crippen molar-refractivity contribution < 1.29 is 9.59 Å². The van der Waals surface area contributed by atoms with Gasteiger partial charge in [0.2, 0.25) is 0 Å². The lowest BCUT2D eigenvalue weighted by molar-refractivity contribution is 0.0840. The number of carbonyl (C=O) groups excluding carboxylic acids is 2. The Morgan fingerprint density at radius 3 is 2.07 bits per heavy atom. The highest BCUT2D eigenvalue weighted by Crippen LogP contribution is 2.28. The number of ketones is 2. The van der Waals surface area contributed by atoms with E-state index in [0.29, 0.717) is 17.5 Å². The van der Waals surface area contributed by atoms with Crippen molar-refractivity contribution in [2.24, 2.45) is 5.92 Å². The van der Waals surface area contributed by atoms with E-state index < -0.39 is 5.92 Å². The molecule has 0 unspecified atom stereocenters. The molecule has 0 amide bonds. The summed E-state index contributed by atoms with van der Waals surface area (Å²) >= 11 is 0. The SMILES string of the molecule is C=CCC1C(=O)c2ccccc2C1=O. The van der Waals surface area contributed by atoms with Crippen LogP contribution in [-0.2, 0) is 0 Å². The minimum atomic E-state index is -0.523. The second-order valence-corrected chi connectivity index (χ2v) is 3.35. The molecule has 0 bridgehead atoms. The zero-order chi connectivity index (χ0) is 10.1. The number of allylic oxidation sites excluding steroid dienone is 1. The van der Waals surface area contributed by atoms with Crippen LogP contribution in [0.4, 0.5) is 0 Å². The molecule has 0 saturated carbocycles. The molecule has 0 heterocycles. The predicted octanol–water partition coefficient (Wildman–Crippen LogP) is 2.26. The molecular weight excluding hydrogens is 176 g/mol. The van der Waals surface area contributed by atoms with Gasteiger partial charge in [0.1, 0.15) is 0 Å². The number of hydrogen-bond donors (Lipinski definition) is 0. The molecule has 2 rings (SSSR count). The molecule has 1 aliphatic rings. The first-order valence-corrected chi connectivity index (χ1v) is 4.54. The summed E-state index contributed by atoms with van der Waals surface area (Å²) in [4.78, 5) is 23.5. The number of benzene rings is 1. The van der Waals surface area contributed by atoms with Crippen LogP contribution in [0, 0.1) is 5.92 Å². The van der Waals surface area contributed by atoms with E-state index in [0.717, 1.165) is 0 Å². The van der Waals surface area contributed by atoms with Gasteiger partial charge < -0.3 is 0 Å². The lowest BCUT2D eigenvalue weighted by atomic mass is 10.0. The minimum Gasteiger partial charge on any atom is -0.293 e. The van der Waals surface area contributed by atoms with Gasteiger partial charge in [-0.25, -0.2) is 0 Å². The summed E-state index contributed by atoms with van der Waals surface area (Å²) in [6.45, 7) is 3.55. The summed E-state index contributed by atoms with van der Waals surface area (Å²) < 4.78 is 0. The van der Waals surface area contributed by atoms with Gasteiger partial charge in [-0.2, -0.15) is 0 Å². The summed E-state index contributed by atoms with van der Waals surface area (Å²) in [6.07, 6.45) is 2.05. The smallest absolute Gasteiger partial charge is 0.174 e. The zero-order valence-corrected chi connectivity index (χ0v) is 7.69. The Kier molecular flexibility index (Phi) is 2.04. The Hall–Kier alpha value is -1.70. The van der Waals surface area contributed by atoms with Crippen LogP contribution in [0.25, 0.3) is 0 Å². The Bertz CT molecular complexity index is 383. The topological polar surface area (TPSA) is 34.1 Å². The van der Waals surface area contributed by atoms with Gasteiger partial charge in [0.15, 0.2) is 11.6 Å². The van der Waals surface area contributed by atoms with E-state index in [-0.39, 0.29) is 11.6 Å². The Morgan fingerprint density at radius 2 is 1.64 bits per heavy atom. The summed E-state index contributed by atoms with van der Waals surface area (Å²) in [6, 6.07) is 6.97. The van der Waals surface area contributed by atoms with Crippen LogP contribution in [-0.4, -0.2) is 11.6 Å². The minimum absolute atomic E-state index is 0.0644. The maximum atomic E-state index is 11.7. The highest BCUT2D eigenvalue weighted by molar-refractivity contribution is 6.26. The van der Waals surface area contributed by atoms with Gasteiger partial charge in [0.05, 0.1) is 5.92 Å². The molecule has 0 spiro atoms. The average molecular weight is 186 g/mol. The molecule has 1 aromatic rings. The third-order valence-corrected chi connectivity index (χ3v) is 2.49. The first-order chi connectivity index (χ1) is 6.75. The number of Topliss-reactive ketones (excluding diaryl/α,β-unsaturated/α-hetero) is 2. The highest BCUT2D eigenvalue weighted by Gasteiger charge is 2.36. The van der Waals surface area contributed by atoms with Crippen molar-refractivity contribution in [2.75, 3.05) is 0 Å². The standard InChI is InChI=1S/C12H10O2/c1-2-5-10-11(13)8-6-3-4-7-9(8)12(10)14/h2-4,6-7,10H,1,5H2. The molecule has 70 valence electrons. The third-order valence-electron chi connectivity index (χ3n) is 2.49. The van der Waals surface area contributed by atoms with Gasteiger partial charge in [0.25, 0.3) is 0 Å². The van der Waals surface area contributed by atoms with Crippen molar-refractivity contribution in [3.8, 4) is 0 Å².